The number of ether oxygens (including phenoxy) is 1. The molecule has 0 heterocycles. The summed E-state index contributed by atoms with van der Waals surface area (Å²) in [6, 6.07) is 0. The Balaban J connectivity index is 3.61. The predicted molar refractivity (Wildman–Crippen MR) is 42.2 cm³/mol. The third-order valence-electron chi connectivity index (χ3n) is 1.27. The van der Waals surface area contributed by atoms with E-state index in [9.17, 15) is 0 Å². The van der Waals surface area contributed by atoms with Crippen LogP contribution in [0.2, 0.25) is 0 Å². The van der Waals surface area contributed by atoms with Crippen LogP contribution < -0.4 is 5.73 Å². The van der Waals surface area contributed by atoms with E-state index in [2.05, 4.69) is 6.92 Å². The third-order valence-corrected chi connectivity index (χ3v) is 1.27. The number of amidine groups is 1. The topological polar surface area (TPSA) is 59.1 Å². The Hall–Kier alpha value is -0.570. The summed E-state index contributed by atoms with van der Waals surface area (Å²) in [5.41, 5.74) is 5.27. The van der Waals surface area contributed by atoms with Crippen LogP contribution >= 0.6 is 0 Å². The van der Waals surface area contributed by atoms with Gasteiger partial charge in [-0.25, -0.2) is 0 Å². The van der Waals surface area contributed by atoms with Crippen LogP contribution in [-0.2, 0) is 4.74 Å². The number of nitrogens with one attached hydrogen (secondary N) is 1. The highest BCUT2D eigenvalue weighted by molar-refractivity contribution is 5.81. The fraction of sp³-hybridized carbons (Fsp3) is 0.857. The molecule has 0 aliphatic carbocycles. The summed E-state index contributed by atoms with van der Waals surface area (Å²) in [4.78, 5) is 0. The molecule has 0 amide bonds. The van der Waals surface area contributed by atoms with Gasteiger partial charge in [0.25, 0.3) is 0 Å². The summed E-state index contributed by atoms with van der Waals surface area (Å²) in [5, 5.41) is 7.11. The van der Waals surface area contributed by atoms with Gasteiger partial charge in [0.2, 0.25) is 0 Å². The first-order chi connectivity index (χ1) is 4.72. The SMILES string of the molecule is CCCC(OCC)C(=N)N. The van der Waals surface area contributed by atoms with Gasteiger partial charge in [0.05, 0.1) is 0 Å². The molecular weight excluding hydrogens is 128 g/mol. The summed E-state index contributed by atoms with van der Waals surface area (Å²) >= 11 is 0. The quantitative estimate of drug-likeness (QED) is 0.449. The van der Waals surface area contributed by atoms with Crippen LogP contribution in [0.3, 0.4) is 0 Å². The lowest BCUT2D eigenvalue weighted by Crippen LogP contribution is -2.30. The minimum Gasteiger partial charge on any atom is -0.385 e. The Bertz CT molecular complexity index is 97.8. The highest BCUT2D eigenvalue weighted by Crippen LogP contribution is 2.00. The van der Waals surface area contributed by atoms with E-state index in [0.717, 1.165) is 12.8 Å². The van der Waals surface area contributed by atoms with Gasteiger partial charge < -0.3 is 10.5 Å². The zero-order valence-electron chi connectivity index (χ0n) is 6.68. The second kappa shape index (κ2) is 5.23. The van der Waals surface area contributed by atoms with E-state index in [0.29, 0.717) is 6.61 Å². The lowest BCUT2D eigenvalue weighted by atomic mass is 10.2. The van der Waals surface area contributed by atoms with Gasteiger partial charge in [-0.05, 0) is 13.3 Å². The minimum absolute atomic E-state index is 0.142. The summed E-state index contributed by atoms with van der Waals surface area (Å²) in [7, 11) is 0. The molecule has 1 unspecified atom stereocenters. The lowest BCUT2D eigenvalue weighted by molar-refractivity contribution is 0.101. The lowest BCUT2D eigenvalue weighted by Gasteiger charge is -2.13. The molecule has 1 atom stereocenters. The van der Waals surface area contributed by atoms with Crippen LogP contribution in [0.5, 0.6) is 0 Å². The monoisotopic (exact) mass is 144 g/mol. The molecule has 0 radical (unpaired) electrons. The molecule has 0 aromatic rings. The molecule has 0 spiro atoms. The molecule has 0 aromatic heterocycles. The number of hydrogen-bond donors (Lipinski definition) is 2. The van der Waals surface area contributed by atoms with E-state index in [1.807, 2.05) is 6.92 Å². The maximum absolute atomic E-state index is 7.11. The second-order valence-electron chi connectivity index (χ2n) is 2.19. The molecule has 0 saturated heterocycles. The highest BCUT2D eigenvalue weighted by Gasteiger charge is 2.08. The largest absolute Gasteiger partial charge is 0.385 e. The number of rotatable bonds is 5. The summed E-state index contributed by atoms with van der Waals surface area (Å²) in [5.74, 6) is 0.142. The van der Waals surface area contributed by atoms with Crippen molar-refractivity contribution in [2.45, 2.75) is 32.8 Å². The van der Waals surface area contributed by atoms with E-state index in [-0.39, 0.29) is 11.9 Å². The molecular formula is C7H16N2O. The van der Waals surface area contributed by atoms with E-state index < -0.39 is 0 Å². The molecule has 3 nitrogen and oxygen atoms in total. The summed E-state index contributed by atoms with van der Waals surface area (Å²) < 4.78 is 5.19. The number of nitrogens with two attached hydrogens (primary N) is 1. The second-order valence-corrected chi connectivity index (χ2v) is 2.19. The summed E-state index contributed by atoms with van der Waals surface area (Å²) in [6.45, 7) is 4.59. The zero-order chi connectivity index (χ0) is 7.98. The van der Waals surface area contributed by atoms with Gasteiger partial charge in [0, 0.05) is 6.61 Å². The van der Waals surface area contributed by atoms with E-state index >= 15 is 0 Å². The first-order valence-corrected chi connectivity index (χ1v) is 3.67. The predicted octanol–water partition coefficient (Wildman–Crippen LogP) is 1.13. The molecule has 0 saturated carbocycles. The van der Waals surface area contributed by atoms with Crippen LogP contribution in [0.1, 0.15) is 26.7 Å². The van der Waals surface area contributed by atoms with Crippen LogP contribution in [0.4, 0.5) is 0 Å². The van der Waals surface area contributed by atoms with Crippen molar-refractivity contribution in [3.63, 3.8) is 0 Å². The first kappa shape index (κ1) is 9.43. The molecule has 0 fully saturated rings. The van der Waals surface area contributed by atoms with Crippen LogP contribution in [0.25, 0.3) is 0 Å². The molecule has 0 aliphatic rings. The van der Waals surface area contributed by atoms with Crippen molar-refractivity contribution in [3.05, 3.63) is 0 Å². The van der Waals surface area contributed by atoms with Crippen molar-refractivity contribution in [1.29, 1.82) is 5.41 Å². The van der Waals surface area contributed by atoms with Crippen molar-refractivity contribution in [3.8, 4) is 0 Å². The van der Waals surface area contributed by atoms with Crippen molar-refractivity contribution >= 4 is 5.84 Å². The molecule has 3 heteroatoms. The standard InChI is InChI=1S/C7H16N2O/c1-3-5-6(7(8)9)10-4-2/h6H,3-5H2,1-2H3,(H3,8,9). The number of hydrogen-bond acceptors (Lipinski definition) is 2. The van der Waals surface area contributed by atoms with E-state index in [1.54, 1.807) is 0 Å². The Labute approximate surface area is 62.1 Å². The first-order valence-electron chi connectivity index (χ1n) is 3.67. The molecule has 0 aromatic carbocycles. The highest BCUT2D eigenvalue weighted by atomic mass is 16.5. The molecule has 0 aliphatic heterocycles. The van der Waals surface area contributed by atoms with E-state index in [4.69, 9.17) is 15.9 Å². The van der Waals surface area contributed by atoms with Crippen molar-refractivity contribution in [2.24, 2.45) is 5.73 Å². The Morgan fingerprint density at radius 2 is 2.20 bits per heavy atom. The Morgan fingerprint density at radius 3 is 2.50 bits per heavy atom. The Morgan fingerprint density at radius 1 is 1.60 bits per heavy atom. The van der Waals surface area contributed by atoms with Crippen LogP contribution in [0, 0.1) is 5.41 Å². The normalized spacial score (nSPS) is 13.0. The van der Waals surface area contributed by atoms with Gasteiger partial charge in [0.15, 0.2) is 0 Å². The van der Waals surface area contributed by atoms with E-state index in [1.165, 1.54) is 0 Å². The van der Waals surface area contributed by atoms with Gasteiger partial charge in [-0.15, -0.1) is 0 Å². The van der Waals surface area contributed by atoms with Crippen LogP contribution in [0.15, 0.2) is 0 Å². The molecule has 0 rings (SSSR count). The molecule has 0 bridgehead atoms. The van der Waals surface area contributed by atoms with Gasteiger partial charge in [-0.2, -0.15) is 0 Å². The van der Waals surface area contributed by atoms with Gasteiger partial charge in [-0.3, -0.25) is 5.41 Å². The van der Waals surface area contributed by atoms with Crippen molar-refractivity contribution < 1.29 is 4.74 Å². The van der Waals surface area contributed by atoms with Gasteiger partial charge in [0.1, 0.15) is 11.9 Å². The average molecular weight is 144 g/mol. The molecule has 3 N–H and O–H groups in total. The van der Waals surface area contributed by atoms with Crippen molar-refractivity contribution in [2.75, 3.05) is 6.61 Å². The van der Waals surface area contributed by atoms with Crippen molar-refractivity contribution in [1.82, 2.24) is 0 Å². The maximum atomic E-state index is 7.11. The maximum Gasteiger partial charge on any atom is 0.120 e. The molecule has 10 heavy (non-hydrogen) atoms. The smallest absolute Gasteiger partial charge is 0.120 e. The van der Waals surface area contributed by atoms with Crippen LogP contribution in [-0.4, -0.2) is 18.5 Å². The minimum atomic E-state index is -0.157. The van der Waals surface area contributed by atoms with Gasteiger partial charge in [-0.1, -0.05) is 13.3 Å². The zero-order valence-corrected chi connectivity index (χ0v) is 6.68. The summed E-state index contributed by atoms with van der Waals surface area (Å²) in [6.07, 6.45) is 1.70. The fourth-order valence-electron chi connectivity index (χ4n) is 0.792. The fourth-order valence-corrected chi connectivity index (χ4v) is 0.792. The average Bonchev–Trinajstić information content (AvgIpc) is 1.87. The Kier molecular flexibility index (Phi) is 4.94. The van der Waals surface area contributed by atoms with Gasteiger partial charge >= 0.3 is 0 Å². The third kappa shape index (κ3) is 3.45. The molecule has 60 valence electrons.